The quantitative estimate of drug-likeness (QED) is 0.542. The molecule has 3 rings (SSSR count). The average Bonchev–Trinajstić information content (AvgIpc) is 3.43. The SMILES string of the molecule is CCNC(=NCC(=O)NC1CC1)N1CCN(c2ccccc2O)CC1. The Balaban J connectivity index is 1.56. The number of carbonyl (C=O) groups is 1. The van der Waals surface area contributed by atoms with Crippen molar-refractivity contribution >= 4 is 17.6 Å². The molecule has 0 bridgehead atoms. The van der Waals surface area contributed by atoms with Crippen molar-refractivity contribution in [3.05, 3.63) is 24.3 Å². The summed E-state index contributed by atoms with van der Waals surface area (Å²) < 4.78 is 0. The Labute approximate surface area is 148 Å². The summed E-state index contributed by atoms with van der Waals surface area (Å²) in [5, 5.41) is 16.2. The molecule has 1 amide bonds. The number of para-hydroxylation sites is 2. The molecule has 1 aliphatic carbocycles. The monoisotopic (exact) mass is 345 g/mol. The Morgan fingerprint density at radius 3 is 2.60 bits per heavy atom. The molecule has 0 unspecified atom stereocenters. The van der Waals surface area contributed by atoms with Crippen molar-refractivity contribution in [2.45, 2.75) is 25.8 Å². The number of nitrogens with one attached hydrogen (secondary N) is 2. The van der Waals surface area contributed by atoms with Gasteiger partial charge in [0.05, 0.1) is 5.69 Å². The zero-order valence-corrected chi connectivity index (χ0v) is 14.7. The van der Waals surface area contributed by atoms with Gasteiger partial charge in [0.1, 0.15) is 12.3 Å². The largest absolute Gasteiger partial charge is 0.506 e. The van der Waals surface area contributed by atoms with Crippen LogP contribution in [0.15, 0.2) is 29.3 Å². The predicted molar refractivity (Wildman–Crippen MR) is 99.0 cm³/mol. The fourth-order valence-electron chi connectivity index (χ4n) is 2.96. The number of guanidine groups is 1. The maximum Gasteiger partial charge on any atom is 0.242 e. The first-order valence-corrected chi connectivity index (χ1v) is 9.03. The number of anilines is 1. The third-order valence-electron chi connectivity index (χ3n) is 4.45. The number of amides is 1. The lowest BCUT2D eigenvalue weighted by Gasteiger charge is -2.37. The van der Waals surface area contributed by atoms with Gasteiger partial charge in [-0.25, -0.2) is 4.99 Å². The third-order valence-corrected chi connectivity index (χ3v) is 4.45. The van der Waals surface area contributed by atoms with Crippen molar-refractivity contribution in [3.8, 4) is 5.75 Å². The summed E-state index contributed by atoms with van der Waals surface area (Å²) in [4.78, 5) is 20.7. The minimum atomic E-state index is -0.00857. The van der Waals surface area contributed by atoms with Gasteiger partial charge in [-0.2, -0.15) is 0 Å². The number of benzene rings is 1. The third kappa shape index (κ3) is 4.78. The molecule has 25 heavy (non-hydrogen) atoms. The molecule has 0 spiro atoms. The zero-order valence-electron chi connectivity index (χ0n) is 14.7. The molecule has 2 fully saturated rings. The van der Waals surface area contributed by atoms with Crippen LogP contribution in [0.4, 0.5) is 5.69 Å². The molecule has 7 heteroatoms. The van der Waals surface area contributed by atoms with Crippen LogP contribution in [0.25, 0.3) is 0 Å². The molecule has 1 saturated heterocycles. The van der Waals surface area contributed by atoms with E-state index >= 15 is 0 Å². The molecule has 0 radical (unpaired) electrons. The number of phenolic OH excluding ortho intramolecular Hbond substituents is 1. The fraction of sp³-hybridized carbons (Fsp3) is 0.556. The molecule has 1 aromatic carbocycles. The lowest BCUT2D eigenvalue weighted by molar-refractivity contribution is -0.119. The number of piperazine rings is 1. The first-order valence-electron chi connectivity index (χ1n) is 9.03. The smallest absolute Gasteiger partial charge is 0.242 e. The molecule has 2 aliphatic rings. The highest BCUT2D eigenvalue weighted by molar-refractivity contribution is 5.85. The van der Waals surface area contributed by atoms with Crippen molar-refractivity contribution in [2.24, 2.45) is 4.99 Å². The van der Waals surface area contributed by atoms with E-state index in [-0.39, 0.29) is 12.5 Å². The predicted octanol–water partition coefficient (Wildman–Crippen LogP) is 0.758. The van der Waals surface area contributed by atoms with Crippen molar-refractivity contribution in [3.63, 3.8) is 0 Å². The van der Waals surface area contributed by atoms with E-state index in [1.807, 2.05) is 25.1 Å². The molecule has 1 aliphatic heterocycles. The van der Waals surface area contributed by atoms with Gasteiger partial charge in [-0.15, -0.1) is 0 Å². The first kappa shape index (κ1) is 17.4. The second-order valence-corrected chi connectivity index (χ2v) is 6.47. The van der Waals surface area contributed by atoms with Crippen LogP contribution in [-0.2, 0) is 4.79 Å². The van der Waals surface area contributed by atoms with Gasteiger partial charge in [0, 0.05) is 38.8 Å². The van der Waals surface area contributed by atoms with Crippen LogP contribution in [0.5, 0.6) is 5.75 Å². The van der Waals surface area contributed by atoms with Crippen LogP contribution >= 0.6 is 0 Å². The first-order chi connectivity index (χ1) is 12.2. The van der Waals surface area contributed by atoms with Gasteiger partial charge >= 0.3 is 0 Å². The Bertz CT molecular complexity index is 622. The van der Waals surface area contributed by atoms with E-state index in [1.165, 1.54) is 0 Å². The van der Waals surface area contributed by atoms with Gasteiger partial charge in [0.25, 0.3) is 0 Å². The molecule has 7 nitrogen and oxygen atoms in total. The second kappa shape index (κ2) is 8.09. The zero-order chi connectivity index (χ0) is 17.6. The molecule has 1 saturated carbocycles. The average molecular weight is 345 g/mol. The van der Waals surface area contributed by atoms with Crippen LogP contribution in [0.2, 0.25) is 0 Å². The summed E-state index contributed by atoms with van der Waals surface area (Å²) in [7, 11) is 0. The van der Waals surface area contributed by atoms with Crippen molar-refractivity contribution < 1.29 is 9.90 Å². The standard InChI is InChI=1S/C18H27N5O2/c1-2-19-18(20-13-17(25)21-14-7-8-14)23-11-9-22(10-12-23)15-5-3-4-6-16(15)24/h3-6,14,24H,2,7-13H2,1H3,(H,19,20)(H,21,25). The van der Waals surface area contributed by atoms with Crippen LogP contribution in [-0.4, -0.2) is 67.2 Å². The van der Waals surface area contributed by atoms with Crippen molar-refractivity contribution in [1.82, 2.24) is 15.5 Å². The van der Waals surface area contributed by atoms with E-state index < -0.39 is 0 Å². The Morgan fingerprint density at radius 2 is 1.96 bits per heavy atom. The summed E-state index contributed by atoms with van der Waals surface area (Å²) in [6.45, 7) is 6.15. The minimum absolute atomic E-state index is 0.00857. The maximum absolute atomic E-state index is 11.9. The Hall–Kier alpha value is -2.44. The molecule has 3 N–H and O–H groups in total. The summed E-state index contributed by atoms with van der Waals surface area (Å²) in [5.41, 5.74) is 0.868. The summed E-state index contributed by atoms with van der Waals surface area (Å²) >= 11 is 0. The lowest BCUT2D eigenvalue weighted by atomic mass is 10.2. The van der Waals surface area contributed by atoms with E-state index in [0.29, 0.717) is 11.8 Å². The normalized spacial score (nSPS) is 18.2. The summed E-state index contributed by atoms with van der Waals surface area (Å²) in [5.74, 6) is 1.09. The molecular weight excluding hydrogens is 318 g/mol. The van der Waals surface area contributed by atoms with Gasteiger partial charge < -0.3 is 25.5 Å². The Kier molecular flexibility index (Phi) is 5.63. The Morgan fingerprint density at radius 1 is 1.24 bits per heavy atom. The topological polar surface area (TPSA) is 80.2 Å². The van der Waals surface area contributed by atoms with Gasteiger partial charge in [0.2, 0.25) is 5.91 Å². The number of phenols is 1. The maximum atomic E-state index is 11.9. The van der Waals surface area contributed by atoms with E-state index in [1.54, 1.807) is 6.07 Å². The van der Waals surface area contributed by atoms with Gasteiger partial charge in [-0.05, 0) is 31.9 Å². The summed E-state index contributed by atoms with van der Waals surface area (Å²) in [6, 6.07) is 7.79. The number of hydrogen-bond donors (Lipinski definition) is 3. The number of carbonyl (C=O) groups excluding carboxylic acids is 1. The number of aromatic hydroxyl groups is 1. The highest BCUT2D eigenvalue weighted by Gasteiger charge is 2.24. The van der Waals surface area contributed by atoms with Crippen molar-refractivity contribution in [2.75, 3.05) is 44.2 Å². The molecular formula is C18H27N5O2. The van der Waals surface area contributed by atoms with Gasteiger partial charge in [-0.1, -0.05) is 12.1 Å². The lowest BCUT2D eigenvalue weighted by Crippen LogP contribution is -2.52. The number of nitrogens with zero attached hydrogens (tertiary/aromatic N) is 3. The number of aliphatic imine (C=N–C) groups is 1. The molecule has 1 aromatic rings. The molecule has 0 atom stereocenters. The van der Waals surface area contributed by atoms with E-state index in [9.17, 15) is 9.90 Å². The van der Waals surface area contributed by atoms with E-state index in [0.717, 1.165) is 57.2 Å². The number of hydrogen-bond acceptors (Lipinski definition) is 4. The van der Waals surface area contributed by atoms with E-state index in [2.05, 4.69) is 25.4 Å². The minimum Gasteiger partial charge on any atom is -0.506 e. The highest BCUT2D eigenvalue weighted by Crippen LogP contribution is 2.27. The van der Waals surface area contributed by atoms with Crippen LogP contribution in [0.1, 0.15) is 19.8 Å². The van der Waals surface area contributed by atoms with Crippen LogP contribution in [0, 0.1) is 0 Å². The van der Waals surface area contributed by atoms with Gasteiger partial charge in [-0.3, -0.25) is 4.79 Å². The molecule has 1 heterocycles. The summed E-state index contributed by atoms with van der Waals surface area (Å²) in [6.07, 6.45) is 2.17. The second-order valence-electron chi connectivity index (χ2n) is 6.47. The van der Waals surface area contributed by atoms with Crippen molar-refractivity contribution in [1.29, 1.82) is 0 Å². The van der Waals surface area contributed by atoms with E-state index in [4.69, 9.17) is 0 Å². The van der Waals surface area contributed by atoms with Crippen LogP contribution in [0.3, 0.4) is 0 Å². The highest BCUT2D eigenvalue weighted by atomic mass is 16.3. The molecule has 136 valence electrons. The number of rotatable bonds is 5. The molecule has 0 aromatic heterocycles. The fourth-order valence-corrected chi connectivity index (χ4v) is 2.96. The van der Waals surface area contributed by atoms with Gasteiger partial charge in [0.15, 0.2) is 5.96 Å². The van der Waals surface area contributed by atoms with Crippen LogP contribution < -0.4 is 15.5 Å².